The van der Waals surface area contributed by atoms with Gasteiger partial charge in [0.2, 0.25) is 0 Å². The Kier molecular flexibility index (Phi) is 11.7. The lowest BCUT2D eigenvalue weighted by molar-refractivity contribution is -0.140. The minimum absolute atomic E-state index is 0.117. The first-order chi connectivity index (χ1) is 21.1. The van der Waals surface area contributed by atoms with E-state index in [1.807, 2.05) is 48.5 Å². The highest BCUT2D eigenvalue weighted by Gasteiger charge is 2.25. The highest BCUT2D eigenvalue weighted by atomic mass is 35.5. The molecule has 1 aromatic carbocycles. The van der Waals surface area contributed by atoms with Crippen LogP contribution in [0.4, 0.5) is 0 Å². The molecule has 1 aliphatic rings. The van der Waals surface area contributed by atoms with Gasteiger partial charge in [0.1, 0.15) is 6.23 Å². The Hall–Kier alpha value is -3.12. The number of esters is 2. The molecule has 0 spiro atoms. The highest BCUT2D eigenvalue weighted by molar-refractivity contribution is 7.97. The molecule has 4 rings (SSSR count). The molecule has 0 aliphatic carbocycles. The number of carbonyl (C=O) groups excluding carboxylic acids is 2. The molecule has 1 N–H and O–H groups in total. The summed E-state index contributed by atoms with van der Waals surface area (Å²) in [5.74, 6) is 0.441. The molecular weight excluding hydrogens is 604 g/mol. The summed E-state index contributed by atoms with van der Waals surface area (Å²) in [4.78, 5) is 24.6. The van der Waals surface area contributed by atoms with Gasteiger partial charge >= 0.3 is 11.9 Å². The minimum atomic E-state index is -0.461. The van der Waals surface area contributed by atoms with Gasteiger partial charge in [0.15, 0.2) is 0 Å². The number of aliphatic hydroxyl groups is 1. The molecule has 44 heavy (non-hydrogen) atoms. The zero-order chi connectivity index (χ0) is 32.0. The van der Waals surface area contributed by atoms with Crippen molar-refractivity contribution in [1.29, 1.82) is 0 Å². The molecule has 10 nitrogen and oxygen atoms in total. The summed E-state index contributed by atoms with van der Waals surface area (Å²) in [6.07, 6.45) is 3.33. The third kappa shape index (κ3) is 7.39. The highest BCUT2D eigenvalue weighted by Crippen LogP contribution is 2.41. The predicted molar refractivity (Wildman–Crippen MR) is 171 cm³/mol. The number of ether oxygens (including phenoxy) is 3. The van der Waals surface area contributed by atoms with Crippen molar-refractivity contribution in [3.63, 3.8) is 0 Å². The van der Waals surface area contributed by atoms with Gasteiger partial charge in [-0.25, -0.2) is 9.48 Å². The van der Waals surface area contributed by atoms with Gasteiger partial charge in [0.25, 0.3) is 0 Å². The molecule has 0 amide bonds. The average Bonchev–Trinajstić information content (AvgIpc) is 3.57. The lowest BCUT2D eigenvalue weighted by atomic mass is 9.88. The quantitative estimate of drug-likeness (QED) is 0.185. The molecule has 0 bridgehead atoms. The maximum absolute atomic E-state index is 12.6. The molecule has 238 valence electrons. The molecule has 3 heterocycles. The van der Waals surface area contributed by atoms with E-state index in [2.05, 4.69) is 5.10 Å². The zero-order valence-corrected chi connectivity index (χ0v) is 27.8. The number of carbonyl (C=O) groups is 2. The van der Waals surface area contributed by atoms with Gasteiger partial charge in [-0.2, -0.15) is 10.2 Å². The fraction of sp³-hybridized carbons (Fsp3) is 0.500. The van der Waals surface area contributed by atoms with Crippen molar-refractivity contribution in [3.05, 3.63) is 62.7 Å². The Morgan fingerprint density at radius 1 is 1.11 bits per heavy atom. The summed E-state index contributed by atoms with van der Waals surface area (Å²) in [6, 6.07) is 5.64. The van der Waals surface area contributed by atoms with Crippen molar-refractivity contribution in [2.45, 2.75) is 77.2 Å². The summed E-state index contributed by atoms with van der Waals surface area (Å²) in [5.41, 5.74) is 8.04. The molecule has 1 unspecified atom stereocenters. The smallest absolute Gasteiger partial charge is 0.333 e. The third-order valence-corrected chi connectivity index (χ3v) is 9.38. The largest absolute Gasteiger partial charge is 0.469 e. The number of hydrogen-bond donors (Lipinski definition) is 1. The topological polar surface area (TPSA) is 118 Å². The minimum Gasteiger partial charge on any atom is -0.469 e. The van der Waals surface area contributed by atoms with Gasteiger partial charge in [0.05, 0.1) is 37.9 Å². The Morgan fingerprint density at radius 3 is 2.55 bits per heavy atom. The van der Waals surface area contributed by atoms with E-state index in [0.717, 1.165) is 58.6 Å². The number of nitrogens with zero attached hydrogens (tertiary/aromatic N) is 4. The normalized spacial score (nSPS) is 15.7. The van der Waals surface area contributed by atoms with E-state index < -0.39 is 5.97 Å². The van der Waals surface area contributed by atoms with E-state index in [-0.39, 0.29) is 25.2 Å². The summed E-state index contributed by atoms with van der Waals surface area (Å²) >= 11 is 8.60. The molecule has 1 atom stereocenters. The number of hydrogen-bond acceptors (Lipinski definition) is 9. The van der Waals surface area contributed by atoms with Crippen molar-refractivity contribution in [1.82, 2.24) is 19.6 Å². The van der Waals surface area contributed by atoms with E-state index in [9.17, 15) is 14.7 Å². The van der Waals surface area contributed by atoms with E-state index in [1.165, 1.54) is 14.2 Å². The molecule has 1 saturated heterocycles. The van der Waals surface area contributed by atoms with Crippen molar-refractivity contribution in [2.24, 2.45) is 7.05 Å². The number of halogens is 1. The summed E-state index contributed by atoms with van der Waals surface area (Å²) in [5, 5.41) is 19.8. The molecule has 3 aromatic rings. The van der Waals surface area contributed by atoms with Crippen molar-refractivity contribution < 1.29 is 28.9 Å². The van der Waals surface area contributed by atoms with Crippen LogP contribution in [0.25, 0.3) is 16.7 Å². The Morgan fingerprint density at radius 2 is 1.89 bits per heavy atom. The van der Waals surface area contributed by atoms with Crippen LogP contribution in [-0.4, -0.2) is 57.4 Å². The van der Waals surface area contributed by atoms with Crippen molar-refractivity contribution in [2.75, 3.05) is 20.8 Å². The molecule has 0 saturated carbocycles. The first-order valence-electron chi connectivity index (χ1n) is 14.7. The van der Waals surface area contributed by atoms with Crippen LogP contribution in [0, 0.1) is 13.8 Å². The molecule has 12 heteroatoms. The maximum atomic E-state index is 12.6. The summed E-state index contributed by atoms with van der Waals surface area (Å²) in [6.45, 7) is 6.27. The molecule has 1 aliphatic heterocycles. The van der Waals surface area contributed by atoms with Crippen LogP contribution in [0.1, 0.15) is 79.2 Å². The van der Waals surface area contributed by atoms with Crippen LogP contribution in [0.15, 0.2) is 23.8 Å². The zero-order valence-electron chi connectivity index (χ0n) is 26.2. The first kappa shape index (κ1) is 33.8. The fourth-order valence-electron chi connectivity index (χ4n) is 5.64. The van der Waals surface area contributed by atoms with Crippen LogP contribution in [-0.2, 0) is 49.0 Å². The van der Waals surface area contributed by atoms with E-state index in [1.54, 1.807) is 18.7 Å². The number of methoxy groups -OCH3 is 2. The van der Waals surface area contributed by atoms with Gasteiger partial charge in [0, 0.05) is 59.0 Å². The van der Waals surface area contributed by atoms with Gasteiger partial charge in [-0.3, -0.25) is 9.48 Å². The van der Waals surface area contributed by atoms with Gasteiger partial charge in [-0.05, 0) is 75.3 Å². The van der Waals surface area contributed by atoms with Crippen LogP contribution < -0.4 is 0 Å². The van der Waals surface area contributed by atoms with Crippen LogP contribution in [0.2, 0.25) is 5.02 Å². The number of aryl methyl sites for hydroxylation is 1. The molecular formula is C32H41ClN4O6S. The monoisotopic (exact) mass is 644 g/mol. The second kappa shape index (κ2) is 15.2. The van der Waals surface area contributed by atoms with Crippen LogP contribution in [0.3, 0.4) is 0 Å². The number of thioether (sulfide) groups is 1. The predicted octanol–water partition coefficient (Wildman–Crippen LogP) is 6.08. The Bertz CT molecular complexity index is 1540. The number of aliphatic hydroxyl groups excluding tert-OH is 1. The maximum Gasteiger partial charge on any atom is 0.333 e. The number of aromatic nitrogens is 4. The second-order valence-electron chi connectivity index (χ2n) is 10.8. The lowest BCUT2D eigenvalue weighted by Gasteiger charge is -2.24. The Balaban J connectivity index is 1.68. The van der Waals surface area contributed by atoms with E-state index in [4.69, 9.17) is 30.9 Å². The third-order valence-electron chi connectivity index (χ3n) is 8.09. The fourth-order valence-corrected chi connectivity index (χ4v) is 6.86. The number of rotatable bonds is 12. The van der Waals surface area contributed by atoms with Crippen molar-refractivity contribution in [3.8, 4) is 11.1 Å². The van der Waals surface area contributed by atoms with Crippen LogP contribution >= 0.6 is 23.4 Å². The summed E-state index contributed by atoms with van der Waals surface area (Å²) < 4.78 is 19.6. The lowest BCUT2D eigenvalue weighted by Crippen LogP contribution is -2.21. The van der Waals surface area contributed by atoms with Gasteiger partial charge in [-0.1, -0.05) is 17.7 Å². The standard InChI is InChI=1S/C32H41ClN4O6S/c1-19-24(25(11-13-29(39)41-5)20(2)32(40)42-6)10-12-26(33)30(19)31-21(3)36(4)35-27(31)18-44-17-23-15-22(16-38)34-37(23)28-9-7-8-14-43-28/h10,12,15,28,38H,7-9,11,13-14,16-18H2,1-6H3/b25-20+. The van der Waals surface area contributed by atoms with Crippen LogP contribution in [0.5, 0.6) is 0 Å². The van der Waals surface area contributed by atoms with Gasteiger partial charge in [-0.15, -0.1) is 11.8 Å². The number of allylic oxidation sites excluding steroid dienone is 1. The van der Waals surface area contributed by atoms with Crippen molar-refractivity contribution >= 4 is 40.9 Å². The molecule has 0 radical (unpaired) electrons. The first-order valence-corrected chi connectivity index (χ1v) is 16.2. The SMILES string of the molecule is COC(=O)CC/C(=C(/C)C(=O)OC)c1ccc(Cl)c(-c2c(CSCc3cc(CO)nn3C3CCCCO3)nn(C)c2C)c1C. The second-order valence-corrected chi connectivity index (χ2v) is 12.2. The molecule has 2 aromatic heterocycles. The average molecular weight is 645 g/mol. The Labute approximate surface area is 267 Å². The molecule has 1 fully saturated rings. The van der Waals surface area contributed by atoms with E-state index >= 15 is 0 Å². The van der Waals surface area contributed by atoms with E-state index in [0.29, 0.717) is 46.4 Å². The number of benzene rings is 1. The van der Waals surface area contributed by atoms with Gasteiger partial charge < -0.3 is 19.3 Å². The summed E-state index contributed by atoms with van der Waals surface area (Å²) in [7, 11) is 4.59.